The van der Waals surface area contributed by atoms with E-state index in [0.29, 0.717) is 13.1 Å². The van der Waals surface area contributed by atoms with Crippen molar-refractivity contribution < 1.29 is 17.9 Å². The number of esters is 1. The second-order valence-electron chi connectivity index (χ2n) is 4.54. The molecule has 20 heavy (non-hydrogen) atoms. The molecule has 0 aliphatic carbocycles. The van der Waals surface area contributed by atoms with Crippen molar-refractivity contribution in [2.75, 3.05) is 26.0 Å². The minimum absolute atomic E-state index is 0.0682. The minimum Gasteiger partial charge on any atom is -0.468 e. The summed E-state index contributed by atoms with van der Waals surface area (Å²) in [7, 11) is -0.453. The summed E-state index contributed by atoms with van der Waals surface area (Å²) in [5.74, 6) is -0.0421. The summed E-state index contributed by atoms with van der Waals surface area (Å²) in [6, 6.07) is 0. The molecule has 7 nitrogen and oxygen atoms in total. The molecule has 2 heterocycles. The molecule has 0 aromatic carbocycles. The zero-order valence-corrected chi connectivity index (χ0v) is 13.0. The molecule has 1 saturated heterocycles. The standard InChI is InChI=1S/C11H17N3O4S2/c1-13-6-10(12-8-13)20(16,17)14-4-3-9(5-14)19-7-11(15)18-2/h6,8-9H,3-5,7H2,1-2H3/t9-/m1/s1. The summed E-state index contributed by atoms with van der Waals surface area (Å²) in [5, 5.41) is 0.186. The summed E-state index contributed by atoms with van der Waals surface area (Å²) in [6.07, 6.45) is 3.68. The van der Waals surface area contributed by atoms with Crippen molar-refractivity contribution in [3.05, 3.63) is 12.5 Å². The predicted octanol–water partition coefficient (Wildman–Crippen LogP) is 0.0893. The van der Waals surface area contributed by atoms with Gasteiger partial charge in [0.1, 0.15) is 0 Å². The van der Waals surface area contributed by atoms with Crippen molar-refractivity contribution in [3.63, 3.8) is 0 Å². The van der Waals surface area contributed by atoms with Gasteiger partial charge >= 0.3 is 5.97 Å². The molecule has 0 N–H and O–H groups in total. The molecule has 112 valence electrons. The Morgan fingerprint density at radius 1 is 1.60 bits per heavy atom. The third-order valence-electron chi connectivity index (χ3n) is 3.06. The lowest BCUT2D eigenvalue weighted by molar-refractivity contribution is -0.137. The Hall–Kier alpha value is -1.06. The maximum Gasteiger partial charge on any atom is 0.315 e. The molecule has 1 fully saturated rings. The quantitative estimate of drug-likeness (QED) is 0.716. The summed E-state index contributed by atoms with van der Waals surface area (Å²) in [4.78, 5) is 15.0. The Kier molecular flexibility index (Phi) is 4.71. The number of methoxy groups -OCH3 is 1. The Morgan fingerprint density at radius 3 is 2.95 bits per heavy atom. The van der Waals surface area contributed by atoms with Crippen LogP contribution in [0.4, 0.5) is 0 Å². The number of ether oxygens (including phenoxy) is 1. The van der Waals surface area contributed by atoms with E-state index in [1.165, 1.54) is 35.7 Å². The van der Waals surface area contributed by atoms with E-state index >= 15 is 0 Å². The topological polar surface area (TPSA) is 81.5 Å². The molecule has 0 amide bonds. The van der Waals surface area contributed by atoms with E-state index < -0.39 is 10.0 Å². The van der Waals surface area contributed by atoms with Crippen LogP contribution in [0.3, 0.4) is 0 Å². The molecule has 1 aliphatic heterocycles. The molecule has 0 radical (unpaired) electrons. The molecule has 0 saturated carbocycles. The lowest BCUT2D eigenvalue weighted by atomic mass is 10.4. The van der Waals surface area contributed by atoms with Gasteiger partial charge in [0.2, 0.25) is 0 Å². The molecular formula is C11H17N3O4S2. The van der Waals surface area contributed by atoms with Crippen LogP contribution in [0, 0.1) is 0 Å². The predicted molar refractivity (Wildman–Crippen MR) is 74.8 cm³/mol. The minimum atomic E-state index is -3.52. The number of hydrogen-bond acceptors (Lipinski definition) is 6. The van der Waals surface area contributed by atoms with Crippen molar-refractivity contribution in [2.24, 2.45) is 7.05 Å². The van der Waals surface area contributed by atoms with Gasteiger partial charge in [0, 0.05) is 31.6 Å². The van der Waals surface area contributed by atoms with Crippen LogP contribution < -0.4 is 0 Å². The van der Waals surface area contributed by atoms with Crippen LogP contribution in [0.2, 0.25) is 0 Å². The van der Waals surface area contributed by atoms with Gasteiger partial charge in [0.25, 0.3) is 10.0 Å². The second kappa shape index (κ2) is 6.15. The van der Waals surface area contributed by atoms with E-state index in [-0.39, 0.29) is 22.0 Å². The number of rotatable bonds is 5. The largest absolute Gasteiger partial charge is 0.468 e. The Balaban J connectivity index is 1.97. The molecule has 0 unspecified atom stereocenters. The van der Waals surface area contributed by atoms with Gasteiger partial charge in [0.05, 0.1) is 19.2 Å². The van der Waals surface area contributed by atoms with Crippen molar-refractivity contribution in [1.82, 2.24) is 13.9 Å². The van der Waals surface area contributed by atoms with Gasteiger partial charge in [-0.05, 0) is 6.42 Å². The van der Waals surface area contributed by atoms with Crippen LogP contribution in [0.1, 0.15) is 6.42 Å². The van der Waals surface area contributed by atoms with Crippen molar-refractivity contribution in [2.45, 2.75) is 16.7 Å². The molecular weight excluding hydrogens is 302 g/mol. The summed E-state index contributed by atoms with van der Waals surface area (Å²) >= 11 is 1.43. The number of hydrogen-bond donors (Lipinski definition) is 0. The number of carbonyl (C=O) groups is 1. The number of aryl methyl sites for hydroxylation is 1. The van der Waals surface area contributed by atoms with E-state index in [1.807, 2.05) is 0 Å². The highest BCUT2D eigenvalue weighted by Crippen LogP contribution is 2.26. The molecule has 9 heteroatoms. The fourth-order valence-electron chi connectivity index (χ4n) is 1.95. The summed E-state index contributed by atoms with van der Waals surface area (Å²) in [6.45, 7) is 0.859. The van der Waals surface area contributed by atoms with Gasteiger partial charge < -0.3 is 9.30 Å². The average Bonchev–Trinajstić information content (AvgIpc) is 3.05. The van der Waals surface area contributed by atoms with E-state index in [0.717, 1.165) is 6.42 Å². The molecule has 0 spiro atoms. The number of imidazole rings is 1. The van der Waals surface area contributed by atoms with E-state index in [9.17, 15) is 13.2 Å². The lowest BCUT2D eigenvalue weighted by Gasteiger charge is -2.14. The van der Waals surface area contributed by atoms with Gasteiger partial charge in [-0.15, -0.1) is 11.8 Å². The van der Waals surface area contributed by atoms with Crippen molar-refractivity contribution in [1.29, 1.82) is 0 Å². The van der Waals surface area contributed by atoms with Crippen molar-refractivity contribution >= 4 is 27.8 Å². The highest BCUT2D eigenvalue weighted by atomic mass is 32.2. The SMILES string of the molecule is COC(=O)CS[C@@H]1CCN(S(=O)(=O)c2cn(C)cn2)C1. The highest BCUT2D eigenvalue weighted by molar-refractivity contribution is 8.00. The van der Waals surface area contributed by atoms with Crippen LogP contribution in [-0.2, 0) is 26.6 Å². The third-order valence-corrected chi connectivity index (χ3v) is 6.07. The van der Waals surface area contributed by atoms with Gasteiger partial charge in [-0.3, -0.25) is 4.79 Å². The van der Waals surface area contributed by atoms with E-state index in [1.54, 1.807) is 11.6 Å². The fourth-order valence-corrected chi connectivity index (χ4v) is 4.56. The van der Waals surface area contributed by atoms with Crippen LogP contribution >= 0.6 is 11.8 Å². The monoisotopic (exact) mass is 319 g/mol. The first-order valence-corrected chi connectivity index (χ1v) is 8.59. The Morgan fingerprint density at radius 2 is 2.35 bits per heavy atom. The summed E-state index contributed by atoms with van der Waals surface area (Å²) < 4.78 is 32.3. The number of nitrogens with zero attached hydrogens (tertiary/aromatic N) is 3. The number of carbonyl (C=O) groups excluding carboxylic acids is 1. The normalized spacial score (nSPS) is 20.2. The Bertz CT molecular complexity index is 584. The maximum atomic E-state index is 12.3. The van der Waals surface area contributed by atoms with Crippen LogP contribution in [0.5, 0.6) is 0 Å². The molecule has 0 bridgehead atoms. The smallest absolute Gasteiger partial charge is 0.315 e. The van der Waals surface area contributed by atoms with E-state index in [2.05, 4.69) is 9.72 Å². The first kappa shape index (κ1) is 15.3. The second-order valence-corrected chi connectivity index (χ2v) is 7.71. The van der Waals surface area contributed by atoms with E-state index in [4.69, 9.17) is 0 Å². The molecule has 1 aliphatic rings. The summed E-state index contributed by atoms with van der Waals surface area (Å²) in [5.41, 5.74) is 0. The molecule has 1 atom stereocenters. The van der Waals surface area contributed by atoms with Crippen LogP contribution in [0.15, 0.2) is 17.6 Å². The first-order chi connectivity index (χ1) is 9.43. The zero-order chi connectivity index (χ0) is 14.8. The number of sulfonamides is 1. The highest BCUT2D eigenvalue weighted by Gasteiger charge is 2.34. The third kappa shape index (κ3) is 3.33. The molecule has 2 rings (SSSR count). The average molecular weight is 319 g/mol. The lowest BCUT2D eigenvalue weighted by Crippen LogP contribution is -2.29. The number of thioether (sulfide) groups is 1. The number of aromatic nitrogens is 2. The maximum absolute atomic E-state index is 12.3. The van der Waals surface area contributed by atoms with Gasteiger partial charge in [-0.1, -0.05) is 0 Å². The van der Waals surface area contributed by atoms with Crippen LogP contribution in [0.25, 0.3) is 0 Å². The van der Waals surface area contributed by atoms with Gasteiger partial charge in [0.15, 0.2) is 5.03 Å². The first-order valence-electron chi connectivity index (χ1n) is 6.10. The Labute approximate surface area is 122 Å². The van der Waals surface area contributed by atoms with Gasteiger partial charge in [-0.25, -0.2) is 13.4 Å². The van der Waals surface area contributed by atoms with Gasteiger partial charge in [-0.2, -0.15) is 4.31 Å². The van der Waals surface area contributed by atoms with Crippen LogP contribution in [-0.4, -0.2) is 59.4 Å². The molecule has 1 aromatic rings. The molecule has 1 aromatic heterocycles. The van der Waals surface area contributed by atoms with Crippen molar-refractivity contribution in [3.8, 4) is 0 Å². The fraction of sp³-hybridized carbons (Fsp3) is 0.636. The zero-order valence-electron chi connectivity index (χ0n) is 11.4.